The van der Waals surface area contributed by atoms with Crippen molar-refractivity contribution in [1.29, 1.82) is 0 Å². The summed E-state index contributed by atoms with van der Waals surface area (Å²) in [6.45, 7) is 6.10. The number of hydrogen-bond donors (Lipinski definition) is 0. The molecule has 2 heterocycles. The van der Waals surface area contributed by atoms with Crippen LogP contribution in [0.25, 0.3) is 5.69 Å². The maximum atomic E-state index is 13.0. The molecule has 0 bridgehead atoms. The van der Waals surface area contributed by atoms with Crippen LogP contribution < -0.4 is 0 Å². The molecule has 144 valence electrons. The molecule has 28 heavy (non-hydrogen) atoms. The first kappa shape index (κ1) is 19.7. The van der Waals surface area contributed by atoms with E-state index in [1.54, 1.807) is 36.1 Å². The molecule has 1 amide bonds. The summed E-state index contributed by atoms with van der Waals surface area (Å²) in [7, 11) is 0. The number of carbonyl (C=O) groups is 1. The van der Waals surface area contributed by atoms with Gasteiger partial charge in [-0.05, 0) is 25.1 Å². The van der Waals surface area contributed by atoms with Crippen LogP contribution in [-0.2, 0) is 6.54 Å². The van der Waals surface area contributed by atoms with Crippen molar-refractivity contribution >= 4 is 34.5 Å². The van der Waals surface area contributed by atoms with Crippen molar-refractivity contribution in [2.75, 3.05) is 6.54 Å². The highest BCUT2D eigenvalue weighted by molar-refractivity contribution is 7.16. The number of aromatic nitrogens is 3. The molecule has 10 heteroatoms. The van der Waals surface area contributed by atoms with Gasteiger partial charge in [-0.15, -0.1) is 23.0 Å². The fourth-order valence-electron chi connectivity index (χ4n) is 2.66. The summed E-state index contributed by atoms with van der Waals surface area (Å²) in [4.78, 5) is 26.0. The summed E-state index contributed by atoms with van der Waals surface area (Å²) in [6, 6.07) is 9.63. The summed E-state index contributed by atoms with van der Waals surface area (Å²) in [5.41, 5.74) is 1.06. The third-order valence-corrected chi connectivity index (χ3v) is 5.21. The average molecular weight is 418 g/mol. The number of nitro groups is 1. The van der Waals surface area contributed by atoms with Gasteiger partial charge in [-0.2, -0.15) is 0 Å². The van der Waals surface area contributed by atoms with Gasteiger partial charge in [0.15, 0.2) is 5.69 Å². The molecule has 0 N–H and O–H groups in total. The van der Waals surface area contributed by atoms with Crippen LogP contribution in [0.5, 0.6) is 0 Å². The molecule has 0 saturated carbocycles. The Balaban J connectivity index is 1.90. The SMILES string of the molecule is C=CCN(Cc1ccc(Cl)s1)C(=O)c1nnn(-c2cccc([N+](=O)[O-])c2)c1C. The average Bonchev–Trinajstić information content (AvgIpc) is 3.26. The first-order valence-corrected chi connectivity index (χ1v) is 9.41. The van der Waals surface area contributed by atoms with Crippen molar-refractivity contribution in [3.05, 3.63) is 79.8 Å². The zero-order valence-electron chi connectivity index (χ0n) is 14.9. The van der Waals surface area contributed by atoms with E-state index < -0.39 is 4.92 Å². The molecule has 3 aromatic rings. The van der Waals surface area contributed by atoms with Crippen LogP contribution in [0.15, 0.2) is 49.1 Å². The monoisotopic (exact) mass is 417 g/mol. The Bertz CT molecular complexity index is 1050. The van der Waals surface area contributed by atoms with Crippen LogP contribution in [-0.4, -0.2) is 37.3 Å². The summed E-state index contributed by atoms with van der Waals surface area (Å²) in [5.74, 6) is -0.307. The van der Waals surface area contributed by atoms with Gasteiger partial charge in [-0.25, -0.2) is 4.68 Å². The van der Waals surface area contributed by atoms with E-state index in [1.807, 2.05) is 6.07 Å². The molecule has 0 aliphatic carbocycles. The molecule has 0 atom stereocenters. The molecule has 3 rings (SSSR count). The van der Waals surface area contributed by atoms with Gasteiger partial charge in [0.25, 0.3) is 11.6 Å². The number of benzene rings is 1. The van der Waals surface area contributed by atoms with Crippen LogP contribution in [0.1, 0.15) is 21.1 Å². The van der Waals surface area contributed by atoms with Crippen molar-refractivity contribution in [1.82, 2.24) is 19.9 Å². The van der Waals surface area contributed by atoms with E-state index in [-0.39, 0.29) is 17.3 Å². The minimum atomic E-state index is -0.486. The lowest BCUT2D eigenvalue weighted by atomic mass is 10.2. The summed E-state index contributed by atoms with van der Waals surface area (Å²) < 4.78 is 2.06. The van der Waals surface area contributed by atoms with Crippen molar-refractivity contribution in [3.63, 3.8) is 0 Å². The van der Waals surface area contributed by atoms with Crippen molar-refractivity contribution in [2.45, 2.75) is 13.5 Å². The highest BCUT2D eigenvalue weighted by Crippen LogP contribution is 2.24. The third-order valence-electron chi connectivity index (χ3n) is 3.99. The van der Waals surface area contributed by atoms with Gasteiger partial charge < -0.3 is 4.90 Å². The molecular weight excluding hydrogens is 402 g/mol. The fourth-order valence-corrected chi connectivity index (χ4v) is 3.76. The molecule has 1 aromatic carbocycles. The summed E-state index contributed by atoms with van der Waals surface area (Å²) >= 11 is 7.37. The topological polar surface area (TPSA) is 94.2 Å². The number of thiophene rings is 1. The normalized spacial score (nSPS) is 10.6. The smallest absolute Gasteiger partial charge is 0.276 e. The second kappa shape index (κ2) is 8.32. The standard InChI is InChI=1S/C18H16ClN5O3S/c1-3-9-22(11-15-7-8-16(19)28-15)18(25)17-12(2)23(21-20-17)13-5-4-6-14(10-13)24(26)27/h3-8,10H,1,9,11H2,2H3. The Morgan fingerprint density at radius 2 is 2.21 bits per heavy atom. The zero-order valence-corrected chi connectivity index (χ0v) is 16.5. The molecule has 0 spiro atoms. The largest absolute Gasteiger partial charge is 0.328 e. The number of nitrogens with zero attached hydrogens (tertiary/aromatic N) is 5. The second-order valence-corrected chi connectivity index (χ2v) is 7.69. The third kappa shape index (κ3) is 4.10. The first-order valence-electron chi connectivity index (χ1n) is 8.22. The number of halogens is 1. The van der Waals surface area contributed by atoms with E-state index in [4.69, 9.17) is 11.6 Å². The quantitative estimate of drug-likeness (QED) is 0.328. The Hall–Kier alpha value is -3.04. The fraction of sp³-hybridized carbons (Fsp3) is 0.167. The Morgan fingerprint density at radius 3 is 2.86 bits per heavy atom. The molecule has 0 saturated heterocycles. The van der Waals surface area contributed by atoms with E-state index in [1.165, 1.54) is 28.2 Å². The Morgan fingerprint density at radius 1 is 1.43 bits per heavy atom. The highest BCUT2D eigenvalue weighted by Gasteiger charge is 2.23. The maximum Gasteiger partial charge on any atom is 0.276 e. The van der Waals surface area contributed by atoms with Gasteiger partial charge in [0.05, 0.1) is 27.2 Å². The van der Waals surface area contributed by atoms with E-state index in [2.05, 4.69) is 16.9 Å². The molecule has 0 fully saturated rings. The summed E-state index contributed by atoms with van der Waals surface area (Å²) in [5, 5.41) is 19.0. The van der Waals surface area contributed by atoms with E-state index in [0.717, 1.165) is 4.88 Å². The molecule has 0 aliphatic rings. The Kier molecular flexibility index (Phi) is 5.86. The van der Waals surface area contributed by atoms with Crippen LogP contribution >= 0.6 is 22.9 Å². The maximum absolute atomic E-state index is 13.0. The number of rotatable bonds is 7. The van der Waals surface area contributed by atoms with Gasteiger partial charge in [0.2, 0.25) is 0 Å². The van der Waals surface area contributed by atoms with Gasteiger partial charge in [-0.1, -0.05) is 29.0 Å². The van der Waals surface area contributed by atoms with Crippen molar-refractivity contribution < 1.29 is 9.72 Å². The van der Waals surface area contributed by atoms with Crippen molar-refractivity contribution in [2.24, 2.45) is 0 Å². The van der Waals surface area contributed by atoms with Crippen molar-refractivity contribution in [3.8, 4) is 5.69 Å². The molecule has 0 radical (unpaired) electrons. The lowest BCUT2D eigenvalue weighted by Crippen LogP contribution is -2.31. The predicted molar refractivity (Wildman–Crippen MR) is 107 cm³/mol. The molecule has 0 unspecified atom stereocenters. The highest BCUT2D eigenvalue weighted by atomic mass is 35.5. The van der Waals surface area contributed by atoms with E-state index in [9.17, 15) is 14.9 Å². The number of nitro benzene ring substituents is 1. The number of hydrogen-bond acceptors (Lipinski definition) is 6. The molecule has 2 aromatic heterocycles. The lowest BCUT2D eigenvalue weighted by Gasteiger charge is -2.19. The lowest BCUT2D eigenvalue weighted by molar-refractivity contribution is -0.384. The van der Waals surface area contributed by atoms with Gasteiger partial charge in [-0.3, -0.25) is 14.9 Å². The second-order valence-electron chi connectivity index (χ2n) is 5.89. The first-order chi connectivity index (χ1) is 13.4. The van der Waals surface area contributed by atoms with Crippen LogP contribution in [0.3, 0.4) is 0 Å². The minimum absolute atomic E-state index is 0.0665. The Labute approximate surface area is 169 Å². The molecule has 0 aliphatic heterocycles. The van der Waals surface area contributed by atoms with E-state index >= 15 is 0 Å². The number of amides is 1. The van der Waals surface area contributed by atoms with Crippen LogP contribution in [0.2, 0.25) is 4.34 Å². The zero-order chi connectivity index (χ0) is 20.3. The van der Waals surface area contributed by atoms with Gasteiger partial charge >= 0.3 is 0 Å². The van der Waals surface area contributed by atoms with Crippen LogP contribution in [0.4, 0.5) is 5.69 Å². The minimum Gasteiger partial charge on any atom is -0.328 e. The molecular formula is C18H16ClN5O3S. The molecule has 8 nitrogen and oxygen atoms in total. The van der Waals surface area contributed by atoms with E-state index in [0.29, 0.717) is 28.8 Å². The summed E-state index contributed by atoms with van der Waals surface area (Å²) in [6.07, 6.45) is 1.63. The van der Waals surface area contributed by atoms with Gasteiger partial charge in [0.1, 0.15) is 0 Å². The number of non-ortho nitro benzene ring substituents is 1. The van der Waals surface area contributed by atoms with Crippen LogP contribution in [0, 0.1) is 17.0 Å². The van der Waals surface area contributed by atoms with Gasteiger partial charge in [0, 0.05) is 23.6 Å². The number of carbonyl (C=O) groups excluding carboxylic acids is 1. The predicted octanol–water partition coefficient (Wildman–Crippen LogP) is 4.03.